The van der Waals surface area contributed by atoms with Crippen LogP contribution in [0.2, 0.25) is 0 Å². The lowest BCUT2D eigenvalue weighted by Crippen LogP contribution is -2.44. The van der Waals surface area contributed by atoms with Crippen LogP contribution in [-0.2, 0) is 23.9 Å². The van der Waals surface area contributed by atoms with Crippen LogP contribution in [-0.4, -0.2) is 84.8 Å². The average Bonchev–Trinajstić information content (AvgIpc) is 3.75. The predicted octanol–water partition coefficient (Wildman–Crippen LogP) is 13.5. The summed E-state index contributed by atoms with van der Waals surface area (Å²) >= 11 is 0. The van der Waals surface area contributed by atoms with Crippen molar-refractivity contribution in [2.45, 2.75) is 258 Å². The number of esters is 2. The van der Waals surface area contributed by atoms with Crippen molar-refractivity contribution in [2.24, 2.45) is 11.8 Å². The quantitative estimate of drug-likeness (QED) is 0.0482. The first kappa shape index (κ1) is 56.3. The molecule has 0 bridgehead atoms. The van der Waals surface area contributed by atoms with Gasteiger partial charge in [-0.25, -0.2) is 4.79 Å². The van der Waals surface area contributed by atoms with Crippen LogP contribution in [0.4, 0.5) is 0 Å². The van der Waals surface area contributed by atoms with Crippen LogP contribution in [0.15, 0.2) is 0 Å². The molecule has 0 aromatic carbocycles. The van der Waals surface area contributed by atoms with E-state index in [9.17, 15) is 19.5 Å². The lowest BCUT2D eigenvalue weighted by atomic mass is 9.92. The molecule has 0 radical (unpaired) electrons. The molecule has 1 N–H and O–H groups in total. The summed E-state index contributed by atoms with van der Waals surface area (Å²) in [5.74, 6) is 0.133. The number of aliphatic hydroxyl groups is 1. The van der Waals surface area contributed by atoms with Gasteiger partial charge >= 0.3 is 11.9 Å². The molecule has 354 valence electrons. The third kappa shape index (κ3) is 29.6. The minimum Gasteiger partial charge on any atom is -0.465 e. The van der Waals surface area contributed by atoms with Crippen molar-refractivity contribution in [3.8, 4) is 0 Å². The highest BCUT2D eigenvalue weighted by molar-refractivity contribution is 5.86. The van der Waals surface area contributed by atoms with Crippen LogP contribution in [0.3, 0.4) is 0 Å². The van der Waals surface area contributed by atoms with Gasteiger partial charge in [0.05, 0.1) is 19.1 Å². The molecule has 0 aliphatic carbocycles. The summed E-state index contributed by atoms with van der Waals surface area (Å²) in [5.41, 5.74) is 0. The van der Waals surface area contributed by atoms with Gasteiger partial charge in [0.2, 0.25) is 5.91 Å². The van der Waals surface area contributed by atoms with Crippen LogP contribution in [0.25, 0.3) is 0 Å². The number of amides is 1. The fourth-order valence-corrected chi connectivity index (χ4v) is 9.01. The second-order valence-corrected chi connectivity index (χ2v) is 18.5. The van der Waals surface area contributed by atoms with Crippen LogP contribution in [0, 0.1) is 11.8 Å². The van der Waals surface area contributed by atoms with Crippen molar-refractivity contribution in [1.82, 2.24) is 9.80 Å². The maximum atomic E-state index is 13.8. The zero-order valence-electron chi connectivity index (χ0n) is 40.3. The van der Waals surface area contributed by atoms with Crippen LogP contribution < -0.4 is 0 Å². The summed E-state index contributed by atoms with van der Waals surface area (Å²) < 4.78 is 11.6. The van der Waals surface area contributed by atoms with Crippen molar-refractivity contribution < 1.29 is 29.0 Å². The molecular weight excluding hydrogens is 749 g/mol. The first-order valence-electron chi connectivity index (χ1n) is 26.4. The van der Waals surface area contributed by atoms with Crippen molar-refractivity contribution >= 4 is 17.8 Å². The molecule has 1 rings (SSSR count). The van der Waals surface area contributed by atoms with Gasteiger partial charge in [0.15, 0.2) is 0 Å². The number of rotatable bonds is 44. The molecule has 0 aromatic heterocycles. The predicted molar refractivity (Wildman–Crippen MR) is 252 cm³/mol. The number of nitrogens with zero attached hydrogens (tertiary/aromatic N) is 2. The first-order valence-corrected chi connectivity index (χ1v) is 26.4. The number of carbonyl (C=O) groups excluding carboxylic acids is 3. The molecule has 1 amide bonds. The van der Waals surface area contributed by atoms with E-state index in [1.54, 1.807) is 0 Å². The van der Waals surface area contributed by atoms with Gasteiger partial charge in [-0.1, -0.05) is 169 Å². The highest BCUT2D eigenvalue weighted by Gasteiger charge is 2.37. The largest absolute Gasteiger partial charge is 0.465 e. The molecule has 0 spiro atoms. The molecule has 3 unspecified atom stereocenters. The Kier molecular flexibility index (Phi) is 38.8. The molecule has 1 aliphatic rings. The van der Waals surface area contributed by atoms with Crippen LogP contribution >= 0.6 is 0 Å². The van der Waals surface area contributed by atoms with Gasteiger partial charge in [-0.05, 0) is 103 Å². The molecule has 60 heavy (non-hydrogen) atoms. The van der Waals surface area contributed by atoms with E-state index < -0.39 is 6.04 Å². The van der Waals surface area contributed by atoms with Gasteiger partial charge in [-0.2, -0.15) is 0 Å². The number of unbranched alkanes of at least 4 members (excludes halogenated alkanes) is 22. The molecule has 1 aliphatic heterocycles. The van der Waals surface area contributed by atoms with E-state index in [0.717, 1.165) is 142 Å². The van der Waals surface area contributed by atoms with Crippen molar-refractivity contribution in [3.63, 3.8) is 0 Å². The minimum absolute atomic E-state index is 0.0341. The number of aliphatic hydroxyl groups excluding tert-OH is 1. The van der Waals surface area contributed by atoms with Gasteiger partial charge in [-0.3, -0.25) is 9.59 Å². The van der Waals surface area contributed by atoms with Crippen LogP contribution in [0.1, 0.15) is 252 Å². The summed E-state index contributed by atoms with van der Waals surface area (Å²) in [7, 11) is 0. The number of carbonyl (C=O) groups is 3. The van der Waals surface area contributed by atoms with Crippen molar-refractivity contribution in [2.75, 3.05) is 46.0 Å². The van der Waals surface area contributed by atoms with Gasteiger partial charge in [0.1, 0.15) is 6.04 Å². The Morgan fingerprint density at radius 1 is 0.517 bits per heavy atom. The first-order chi connectivity index (χ1) is 29.4. The van der Waals surface area contributed by atoms with Crippen LogP contribution in [0.5, 0.6) is 0 Å². The fraction of sp³-hybridized carbons (Fsp3) is 0.942. The monoisotopic (exact) mass is 849 g/mol. The summed E-state index contributed by atoms with van der Waals surface area (Å²) in [5, 5.41) is 9.36. The highest BCUT2D eigenvalue weighted by atomic mass is 16.5. The molecule has 0 aromatic rings. The lowest BCUT2D eigenvalue weighted by molar-refractivity contribution is -0.155. The van der Waals surface area contributed by atoms with Gasteiger partial charge in [-0.15, -0.1) is 0 Å². The molecule has 1 fully saturated rings. The third-order valence-corrected chi connectivity index (χ3v) is 13.0. The van der Waals surface area contributed by atoms with Crippen molar-refractivity contribution in [3.05, 3.63) is 0 Å². The van der Waals surface area contributed by atoms with Gasteiger partial charge in [0, 0.05) is 19.1 Å². The SMILES string of the molecule is CCCCCCCCC(CCCCCC)C(=O)OCCCCCN(CCCCO)CCCCCCOC(=O)C1CCCN1C(=O)C(CCCCCC)CCCCCCCC. The zero-order valence-corrected chi connectivity index (χ0v) is 40.3. The van der Waals surface area contributed by atoms with E-state index >= 15 is 0 Å². The zero-order chi connectivity index (χ0) is 43.7. The number of hydrogen-bond acceptors (Lipinski definition) is 7. The topological polar surface area (TPSA) is 96.4 Å². The van der Waals surface area contributed by atoms with Gasteiger partial charge < -0.3 is 24.4 Å². The Bertz CT molecular complexity index is 994. The maximum Gasteiger partial charge on any atom is 0.328 e. The number of hydrogen-bond donors (Lipinski definition) is 1. The molecular formula is C52H100N2O6. The Hall–Kier alpha value is -1.67. The smallest absolute Gasteiger partial charge is 0.328 e. The number of ether oxygens (including phenoxy) is 2. The van der Waals surface area contributed by atoms with E-state index in [1.165, 1.54) is 103 Å². The lowest BCUT2D eigenvalue weighted by Gasteiger charge is -2.28. The maximum absolute atomic E-state index is 13.8. The Labute approximate surface area is 371 Å². The second-order valence-electron chi connectivity index (χ2n) is 18.5. The van der Waals surface area contributed by atoms with E-state index in [0.29, 0.717) is 19.8 Å². The summed E-state index contributed by atoms with van der Waals surface area (Å²) in [6.45, 7) is 13.9. The van der Waals surface area contributed by atoms with E-state index in [2.05, 4.69) is 32.6 Å². The van der Waals surface area contributed by atoms with Gasteiger partial charge in [0.25, 0.3) is 0 Å². The minimum atomic E-state index is -0.410. The summed E-state index contributed by atoms with van der Waals surface area (Å²) in [6.07, 6.45) is 38.8. The van der Waals surface area contributed by atoms with E-state index in [4.69, 9.17) is 9.47 Å². The molecule has 1 heterocycles. The van der Waals surface area contributed by atoms with Crippen molar-refractivity contribution in [1.29, 1.82) is 0 Å². The second kappa shape index (κ2) is 41.3. The Morgan fingerprint density at radius 2 is 0.917 bits per heavy atom. The standard InChI is InChI=1S/C52H100N2O6/c1-5-9-13-17-19-26-36-47(35-24-15-11-7-3)50(56)54-43-34-39-49(54)52(58)60-46-32-22-21-28-40-53(42-30-31-44-55)41-29-23-33-45-59-51(57)48(37-25-16-12-8-4)38-27-20-18-14-10-6-2/h47-49,55H,5-46H2,1-4H3. The normalized spacial score (nSPS) is 15.2. The third-order valence-electron chi connectivity index (χ3n) is 13.0. The Balaban J connectivity index is 2.41. The molecule has 1 saturated heterocycles. The molecule has 0 saturated carbocycles. The summed E-state index contributed by atoms with van der Waals surface area (Å²) in [6, 6.07) is -0.410. The Morgan fingerprint density at radius 3 is 1.43 bits per heavy atom. The number of likely N-dealkylation sites (tertiary alicyclic amines) is 1. The molecule has 3 atom stereocenters. The van der Waals surface area contributed by atoms with E-state index in [1.807, 2.05) is 4.90 Å². The highest BCUT2D eigenvalue weighted by Crippen LogP contribution is 2.27. The van der Waals surface area contributed by atoms with E-state index in [-0.39, 0.29) is 36.3 Å². The fourth-order valence-electron chi connectivity index (χ4n) is 9.01. The molecule has 8 heteroatoms. The molecule has 8 nitrogen and oxygen atoms in total. The summed E-state index contributed by atoms with van der Waals surface area (Å²) in [4.78, 5) is 44.5. The average molecular weight is 849 g/mol.